The quantitative estimate of drug-likeness (QED) is 0.747. The lowest BCUT2D eigenvalue weighted by Crippen LogP contribution is -2.09. The summed E-state index contributed by atoms with van der Waals surface area (Å²) in [7, 11) is 0. The Hall–Kier alpha value is -1.77. The lowest BCUT2D eigenvalue weighted by atomic mass is 10.2. The molecule has 0 saturated carbocycles. The summed E-state index contributed by atoms with van der Waals surface area (Å²) in [5, 5.41) is 3.96. The Morgan fingerprint density at radius 1 is 1.43 bits per heavy atom. The van der Waals surface area contributed by atoms with Gasteiger partial charge in [-0.25, -0.2) is 0 Å². The zero-order chi connectivity index (χ0) is 9.97. The number of H-pyrrole nitrogens is 1. The van der Waals surface area contributed by atoms with Crippen LogP contribution < -0.4 is 5.32 Å². The van der Waals surface area contributed by atoms with E-state index in [0.717, 1.165) is 16.6 Å². The summed E-state index contributed by atoms with van der Waals surface area (Å²) in [5.41, 5.74) is 1.83. The van der Waals surface area contributed by atoms with Crippen molar-refractivity contribution in [3.05, 3.63) is 30.5 Å². The van der Waals surface area contributed by atoms with Crippen LogP contribution in [0.4, 0.5) is 5.69 Å². The van der Waals surface area contributed by atoms with Crippen molar-refractivity contribution in [2.45, 2.75) is 13.3 Å². The molecule has 0 spiro atoms. The fourth-order valence-electron chi connectivity index (χ4n) is 1.43. The summed E-state index contributed by atoms with van der Waals surface area (Å²) in [4.78, 5) is 14.3. The van der Waals surface area contributed by atoms with Gasteiger partial charge < -0.3 is 10.3 Å². The maximum absolute atomic E-state index is 11.2. The Bertz CT molecular complexity index is 459. The second-order valence-electron chi connectivity index (χ2n) is 3.15. The second-order valence-corrected chi connectivity index (χ2v) is 3.15. The number of anilines is 1. The average molecular weight is 188 g/mol. The molecule has 2 aromatic rings. The number of hydrogen-bond donors (Lipinski definition) is 2. The van der Waals surface area contributed by atoms with Crippen LogP contribution in [0.1, 0.15) is 13.3 Å². The lowest BCUT2D eigenvalue weighted by Gasteiger charge is -2.04. The molecule has 2 N–H and O–H groups in total. The molecule has 0 bridgehead atoms. The van der Waals surface area contributed by atoms with E-state index >= 15 is 0 Å². The van der Waals surface area contributed by atoms with Gasteiger partial charge in [0.05, 0.1) is 11.2 Å². The minimum absolute atomic E-state index is 0.0344. The Balaban J connectivity index is 2.41. The topological polar surface area (TPSA) is 44.9 Å². The van der Waals surface area contributed by atoms with Crippen molar-refractivity contribution in [3.8, 4) is 0 Å². The molecule has 0 fully saturated rings. The van der Waals surface area contributed by atoms with Crippen LogP contribution in [-0.4, -0.2) is 10.9 Å². The van der Waals surface area contributed by atoms with Crippen LogP contribution in [0, 0.1) is 0 Å². The van der Waals surface area contributed by atoms with Gasteiger partial charge >= 0.3 is 0 Å². The molecule has 0 saturated heterocycles. The molecule has 0 aliphatic carbocycles. The summed E-state index contributed by atoms with van der Waals surface area (Å²) in [6, 6.07) is 7.82. The van der Waals surface area contributed by atoms with Crippen LogP contribution in [-0.2, 0) is 4.79 Å². The van der Waals surface area contributed by atoms with E-state index in [-0.39, 0.29) is 5.91 Å². The van der Waals surface area contributed by atoms with Crippen molar-refractivity contribution in [2.24, 2.45) is 0 Å². The maximum atomic E-state index is 11.2. The molecular formula is C11H12N2O. The van der Waals surface area contributed by atoms with Crippen molar-refractivity contribution in [3.63, 3.8) is 0 Å². The van der Waals surface area contributed by atoms with Gasteiger partial charge in [0.2, 0.25) is 5.91 Å². The molecule has 0 aliphatic rings. The first-order valence-corrected chi connectivity index (χ1v) is 4.67. The van der Waals surface area contributed by atoms with Crippen LogP contribution in [0.5, 0.6) is 0 Å². The number of fused-ring (bicyclic) bond motifs is 1. The predicted octanol–water partition coefficient (Wildman–Crippen LogP) is 2.52. The van der Waals surface area contributed by atoms with Crippen molar-refractivity contribution >= 4 is 22.5 Å². The fourth-order valence-corrected chi connectivity index (χ4v) is 1.43. The number of aromatic nitrogens is 1. The minimum atomic E-state index is 0.0344. The summed E-state index contributed by atoms with van der Waals surface area (Å²) in [5.74, 6) is 0.0344. The predicted molar refractivity (Wildman–Crippen MR) is 57.2 cm³/mol. The highest BCUT2D eigenvalue weighted by molar-refractivity contribution is 6.00. The Morgan fingerprint density at radius 2 is 2.29 bits per heavy atom. The van der Waals surface area contributed by atoms with Crippen LogP contribution in [0.15, 0.2) is 30.5 Å². The van der Waals surface area contributed by atoms with E-state index in [4.69, 9.17) is 0 Å². The first-order valence-electron chi connectivity index (χ1n) is 4.67. The number of nitrogens with one attached hydrogen (secondary N) is 2. The SMILES string of the molecule is CCC(=O)Nc1cccc2cc[nH]c12. The van der Waals surface area contributed by atoms with Gasteiger partial charge in [0.1, 0.15) is 0 Å². The van der Waals surface area contributed by atoms with Crippen LogP contribution in [0.25, 0.3) is 10.9 Å². The number of amides is 1. The van der Waals surface area contributed by atoms with E-state index in [9.17, 15) is 4.79 Å². The van der Waals surface area contributed by atoms with Gasteiger partial charge in [-0.2, -0.15) is 0 Å². The number of benzene rings is 1. The molecular weight excluding hydrogens is 176 g/mol. The molecule has 1 aromatic carbocycles. The molecule has 14 heavy (non-hydrogen) atoms. The normalized spacial score (nSPS) is 10.4. The Kier molecular flexibility index (Phi) is 2.23. The highest BCUT2D eigenvalue weighted by Gasteiger charge is 2.03. The van der Waals surface area contributed by atoms with E-state index in [2.05, 4.69) is 10.3 Å². The molecule has 2 rings (SSSR count). The van der Waals surface area contributed by atoms with Crippen molar-refractivity contribution in [1.82, 2.24) is 4.98 Å². The third-order valence-corrected chi connectivity index (χ3v) is 2.18. The smallest absolute Gasteiger partial charge is 0.224 e. The van der Waals surface area contributed by atoms with Crippen molar-refractivity contribution in [2.75, 3.05) is 5.32 Å². The molecule has 3 heteroatoms. The molecule has 1 aromatic heterocycles. The summed E-state index contributed by atoms with van der Waals surface area (Å²) in [6.45, 7) is 1.84. The first-order chi connectivity index (χ1) is 6.81. The molecule has 0 aliphatic heterocycles. The number of para-hydroxylation sites is 1. The van der Waals surface area contributed by atoms with Crippen molar-refractivity contribution < 1.29 is 4.79 Å². The molecule has 0 radical (unpaired) electrons. The average Bonchev–Trinajstić information content (AvgIpc) is 2.66. The highest BCUT2D eigenvalue weighted by Crippen LogP contribution is 2.21. The number of aromatic amines is 1. The first kappa shape index (κ1) is 8.81. The molecule has 1 amide bonds. The number of rotatable bonds is 2. The minimum Gasteiger partial charge on any atom is -0.359 e. The zero-order valence-electron chi connectivity index (χ0n) is 8.00. The third kappa shape index (κ3) is 1.48. The lowest BCUT2D eigenvalue weighted by molar-refractivity contribution is -0.115. The van der Waals surface area contributed by atoms with E-state index in [0.29, 0.717) is 6.42 Å². The van der Waals surface area contributed by atoms with Gasteiger partial charge in [-0.1, -0.05) is 19.1 Å². The molecule has 0 unspecified atom stereocenters. The van der Waals surface area contributed by atoms with Gasteiger partial charge in [-0.3, -0.25) is 4.79 Å². The zero-order valence-corrected chi connectivity index (χ0v) is 8.00. The van der Waals surface area contributed by atoms with Gasteiger partial charge in [0.15, 0.2) is 0 Å². The highest BCUT2D eigenvalue weighted by atomic mass is 16.1. The van der Waals surface area contributed by atoms with Gasteiger partial charge in [0, 0.05) is 18.0 Å². The number of carbonyl (C=O) groups is 1. The Morgan fingerprint density at radius 3 is 3.07 bits per heavy atom. The van der Waals surface area contributed by atoms with Crippen molar-refractivity contribution in [1.29, 1.82) is 0 Å². The summed E-state index contributed by atoms with van der Waals surface area (Å²) < 4.78 is 0. The molecule has 72 valence electrons. The monoisotopic (exact) mass is 188 g/mol. The van der Waals surface area contributed by atoms with Gasteiger partial charge in [-0.05, 0) is 12.1 Å². The Labute approximate surface area is 82.1 Å². The third-order valence-electron chi connectivity index (χ3n) is 2.18. The largest absolute Gasteiger partial charge is 0.359 e. The summed E-state index contributed by atoms with van der Waals surface area (Å²) in [6.07, 6.45) is 2.36. The summed E-state index contributed by atoms with van der Waals surface area (Å²) >= 11 is 0. The van der Waals surface area contributed by atoms with E-state index in [1.807, 2.05) is 37.4 Å². The van der Waals surface area contributed by atoms with Gasteiger partial charge in [-0.15, -0.1) is 0 Å². The van der Waals surface area contributed by atoms with E-state index in [1.54, 1.807) is 0 Å². The number of hydrogen-bond acceptors (Lipinski definition) is 1. The second kappa shape index (κ2) is 3.54. The number of carbonyl (C=O) groups excluding carboxylic acids is 1. The van der Waals surface area contributed by atoms with Crippen LogP contribution >= 0.6 is 0 Å². The van der Waals surface area contributed by atoms with Gasteiger partial charge in [0.25, 0.3) is 0 Å². The van der Waals surface area contributed by atoms with E-state index in [1.165, 1.54) is 0 Å². The molecule has 1 heterocycles. The van der Waals surface area contributed by atoms with Crippen LogP contribution in [0.3, 0.4) is 0 Å². The standard InChI is InChI=1S/C11H12N2O/c1-2-10(14)13-9-5-3-4-8-6-7-12-11(8)9/h3-7,12H,2H2,1H3,(H,13,14). The molecule has 3 nitrogen and oxygen atoms in total. The fraction of sp³-hybridized carbons (Fsp3) is 0.182. The molecule has 0 atom stereocenters. The van der Waals surface area contributed by atoms with Crippen LogP contribution in [0.2, 0.25) is 0 Å². The maximum Gasteiger partial charge on any atom is 0.224 e. The van der Waals surface area contributed by atoms with E-state index < -0.39 is 0 Å².